The van der Waals surface area contributed by atoms with Crippen LogP contribution in [-0.2, 0) is 30.3 Å². The van der Waals surface area contributed by atoms with Crippen molar-refractivity contribution in [1.29, 1.82) is 0 Å². The maximum Gasteiger partial charge on any atom is 0.162 e. The summed E-state index contributed by atoms with van der Waals surface area (Å²) in [5.74, 6) is 2.48. The number of benzene rings is 2. The van der Waals surface area contributed by atoms with Crippen LogP contribution in [0.5, 0.6) is 0 Å². The van der Waals surface area contributed by atoms with Crippen molar-refractivity contribution >= 4 is 16.7 Å². The van der Waals surface area contributed by atoms with Gasteiger partial charge >= 0.3 is 0 Å². The summed E-state index contributed by atoms with van der Waals surface area (Å²) in [6.07, 6.45) is 10.3. The zero-order valence-corrected chi connectivity index (χ0v) is 29.1. The molecule has 0 saturated heterocycles. The van der Waals surface area contributed by atoms with E-state index in [1.54, 1.807) is 6.08 Å². The van der Waals surface area contributed by atoms with Crippen molar-refractivity contribution in [3.8, 4) is 11.3 Å². The summed E-state index contributed by atoms with van der Waals surface area (Å²) in [5, 5.41) is 11.3. The van der Waals surface area contributed by atoms with E-state index in [9.17, 15) is 9.90 Å². The molecule has 3 aromatic rings. The van der Waals surface area contributed by atoms with Crippen LogP contribution >= 0.6 is 0 Å². The third kappa shape index (κ3) is 10.4. The maximum absolute atomic E-state index is 12.2. The third-order valence-corrected chi connectivity index (χ3v) is 9.12. The Morgan fingerprint density at radius 2 is 1.42 bits per heavy atom. The molecule has 0 aliphatic heterocycles. The summed E-state index contributed by atoms with van der Waals surface area (Å²) in [6, 6.07) is 18.5. The zero-order chi connectivity index (χ0) is 29.7. The largest absolute Gasteiger partial charge is 0.512 e. The fourth-order valence-electron chi connectivity index (χ4n) is 6.25. The third-order valence-electron chi connectivity index (χ3n) is 9.12. The molecule has 2 saturated carbocycles. The number of nitrogens with zero attached hydrogens (tertiary/aromatic N) is 1. The van der Waals surface area contributed by atoms with Crippen molar-refractivity contribution in [3.05, 3.63) is 77.1 Å². The van der Waals surface area contributed by atoms with Crippen LogP contribution in [-0.4, -0.2) is 15.9 Å². The molecule has 0 unspecified atom stereocenters. The first-order valence-corrected chi connectivity index (χ1v) is 15.8. The number of aliphatic hydroxyl groups excluding tert-OH is 1. The molecule has 1 aromatic heterocycles. The Labute approximate surface area is 275 Å². The van der Waals surface area contributed by atoms with Gasteiger partial charge in [-0.05, 0) is 65.6 Å². The minimum Gasteiger partial charge on any atom is -0.512 e. The Hall–Kier alpha value is -2.29. The normalized spacial score (nSPS) is 22.4. The number of aromatic nitrogens is 1. The van der Waals surface area contributed by atoms with E-state index in [1.807, 2.05) is 0 Å². The van der Waals surface area contributed by atoms with Crippen molar-refractivity contribution < 1.29 is 30.0 Å². The SMILES string of the molecule is C.CC1CCC(C(=O)C=C(O)C2CCC(C)CC2)CC1.Cc1[c-]c(-c2ccc3ccc(C(C)(C)C)cc3n2)cc(C)c1.[Ir]. The second-order valence-electron chi connectivity index (χ2n) is 14.0. The van der Waals surface area contributed by atoms with Crippen LogP contribution in [0.3, 0.4) is 0 Å². The van der Waals surface area contributed by atoms with Crippen LogP contribution in [0.25, 0.3) is 22.2 Å². The Morgan fingerprint density at radius 3 is 1.98 bits per heavy atom. The number of hydrogen-bond acceptors (Lipinski definition) is 3. The number of aryl methyl sites for hydroxylation is 2. The molecule has 43 heavy (non-hydrogen) atoms. The molecule has 3 nitrogen and oxygen atoms in total. The summed E-state index contributed by atoms with van der Waals surface area (Å²) >= 11 is 0. The summed E-state index contributed by atoms with van der Waals surface area (Å²) in [5.41, 5.74) is 6.96. The molecular weight excluding hydrogens is 707 g/mol. The number of rotatable bonds is 4. The van der Waals surface area contributed by atoms with Crippen LogP contribution in [0.15, 0.2) is 54.3 Å². The van der Waals surface area contributed by atoms with Gasteiger partial charge in [0.2, 0.25) is 0 Å². The van der Waals surface area contributed by atoms with Crippen LogP contribution in [0.1, 0.15) is 110 Å². The predicted octanol–water partition coefficient (Wildman–Crippen LogP) is 10.9. The topological polar surface area (TPSA) is 50.2 Å². The molecule has 0 atom stereocenters. The van der Waals surface area contributed by atoms with E-state index >= 15 is 0 Å². The summed E-state index contributed by atoms with van der Waals surface area (Å²) < 4.78 is 0. The standard InChI is InChI=1S/C21H22N.C17H28O2.CH4.Ir/c1-14-10-15(2)12-17(11-14)19-9-7-16-6-8-18(21(3,4)5)13-20(16)22-19;1-12-3-7-14(8-4-12)16(18)11-17(19)15-9-5-13(2)6-10-15;;/h6-11,13H,1-5H3;11-15,18H,3-10H2,1-2H3;1H4;/q-1;;;. The Bertz CT molecular complexity index is 1350. The predicted molar refractivity (Wildman–Crippen MR) is 179 cm³/mol. The molecule has 1 heterocycles. The van der Waals surface area contributed by atoms with E-state index in [2.05, 4.69) is 97.0 Å². The van der Waals surface area contributed by atoms with Crippen LogP contribution in [0, 0.1) is 43.6 Å². The van der Waals surface area contributed by atoms with E-state index in [4.69, 9.17) is 4.98 Å². The Balaban J connectivity index is 0.000000290. The molecule has 4 heteroatoms. The minimum absolute atomic E-state index is 0. The van der Waals surface area contributed by atoms with Gasteiger partial charge in [-0.15, -0.1) is 34.9 Å². The number of allylic oxidation sites excluding steroid dienone is 2. The van der Waals surface area contributed by atoms with Gasteiger partial charge in [0.05, 0.1) is 11.3 Å². The van der Waals surface area contributed by atoms with Gasteiger partial charge in [0.1, 0.15) is 0 Å². The van der Waals surface area contributed by atoms with Gasteiger partial charge in [-0.25, -0.2) is 0 Å². The first kappa shape index (κ1) is 36.9. The Morgan fingerprint density at radius 1 is 0.860 bits per heavy atom. The number of fused-ring (bicyclic) bond motifs is 1. The van der Waals surface area contributed by atoms with Crippen molar-refractivity contribution in [2.75, 3.05) is 0 Å². The molecule has 1 radical (unpaired) electrons. The van der Waals surface area contributed by atoms with Crippen LogP contribution < -0.4 is 0 Å². The van der Waals surface area contributed by atoms with Crippen molar-refractivity contribution in [2.24, 2.45) is 23.7 Å². The van der Waals surface area contributed by atoms with E-state index in [1.165, 1.54) is 29.4 Å². The number of carbonyl (C=O) groups excluding carboxylic acids is 1. The first-order valence-electron chi connectivity index (χ1n) is 15.8. The molecule has 1 N–H and O–H groups in total. The minimum atomic E-state index is 0. The fraction of sp³-hybridized carbons (Fsp3) is 0.538. The molecule has 237 valence electrons. The molecule has 0 bridgehead atoms. The summed E-state index contributed by atoms with van der Waals surface area (Å²) in [6.45, 7) is 15.4. The fourth-order valence-corrected chi connectivity index (χ4v) is 6.25. The van der Waals surface area contributed by atoms with E-state index < -0.39 is 0 Å². The van der Waals surface area contributed by atoms with Crippen LogP contribution in [0.2, 0.25) is 0 Å². The monoisotopic (exact) mass is 761 g/mol. The van der Waals surface area contributed by atoms with E-state index in [0.717, 1.165) is 72.7 Å². The number of pyridine rings is 1. The van der Waals surface area contributed by atoms with Gasteiger partial charge in [0.25, 0.3) is 0 Å². The van der Waals surface area contributed by atoms with Gasteiger partial charge in [-0.1, -0.05) is 106 Å². The van der Waals surface area contributed by atoms with E-state index in [-0.39, 0.29) is 50.6 Å². The second kappa shape index (κ2) is 16.1. The van der Waals surface area contributed by atoms with Gasteiger partial charge in [-0.3, -0.25) is 9.78 Å². The quantitative estimate of drug-likeness (QED) is 0.164. The summed E-state index contributed by atoms with van der Waals surface area (Å²) in [7, 11) is 0. The second-order valence-corrected chi connectivity index (χ2v) is 14.0. The van der Waals surface area contributed by atoms with Gasteiger partial charge in [0.15, 0.2) is 5.78 Å². The number of hydrogen-bond donors (Lipinski definition) is 1. The van der Waals surface area contributed by atoms with Gasteiger partial charge in [-0.2, -0.15) is 0 Å². The summed E-state index contributed by atoms with van der Waals surface area (Å²) in [4.78, 5) is 17.1. The molecule has 2 aliphatic carbocycles. The zero-order valence-electron chi connectivity index (χ0n) is 26.7. The molecule has 5 rings (SSSR count). The van der Waals surface area contributed by atoms with Crippen molar-refractivity contribution in [1.82, 2.24) is 4.98 Å². The first-order chi connectivity index (χ1) is 19.4. The maximum atomic E-state index is 12.2. The number of aliphatic hydroxyl groups is 1. The van der Waals surface area contributed by atoms with Crippen molar-refractivity contribution in [2.45, 2.75) is 113 Å². The smallest absolute Gasteiger partial charge is 0.162 e. The van der Waals surface area contributed by atoms with Gasteiger partial charge < -0.3 is 5.11 Å². The Kier molecular flexibility index (Phi) is 13.9. The van der Waals surface area contributed by atoms with Crippen molar-refractivity contribution in [3.63, 3.8) is 0 Å². The molecule has 2 fully saturated rings. The molecule has 0 amide bonds. The number of carbonyl (C=O) groups is 1. The number of ketones is 1. The average Bonchev–Trinajstić information content (AvgIpc) is 2.92. The molecule has 2 aromatic carbocycles. The molecule has 0 spiro atoms. The molecular formula is C39H54IrNO2-. The molecule has 2 aliphatic rings. The van der Waals surface area contributed by atoms with Crippen LogP contribution in [0.4, 0.5) is 0 Å². The average molecular weight is 761 g/mol. The van der Waals surface area contributed by atoms with E-state index in [0.29, 0.717) is 5.76 Å². The van der Waals surface area contributed by atoms with Gasteiger partial charge in [0, 0.05) is 38.0 Å².